The van der Waals surface area contributed by atoms with Crippen molar-refractivity contribution in [3.05, 3.63) is 12.2 Å². The largest absolute Gasteiger partial charge is 0.550 e. The molecule has 1 amide bonds. The Labute approximate surface area is 107 Å². The maximum atomic E-state index is 12.1. The minimum Gasteiger partial charge on any atom is -0.550 e. The third-order valence-corrected chi connectivity index (χ3v) is 4.02. The molecule has 2 aliphatic rings. The highest BCUT2D eigenvalue weighted by atomic mass is 16.4. The van der Waals surface area contributed by atoms with Gasteiger partial charge >= 0.3 is 0 Å². The molecule has 2 rings (SSSR count). The number of hydrogen-bond acceptors (Lipinski definition) is 3. The van der Waals surface area contributed by atoms with Gasteiger partial charge in [0.05, 0.1) is 0 Å². The Morgan fingerprint density at radius 1 is 1.00 bits per heavy atom. The summed E-state index contributed by atoms with van der Waals surface area (Å²) in [5, 5.41) is 14.0. The van der Waals surface area contributed by atoms with E-state index in [2.05, 4.69) is 5.32 Å². The molecule has 1 fully saturated rings. The van der Waals surface area contributed by atoms with Gasteiger partial charge in [0.25, 0.3) is 0 Å². The van der Waals surface area contributed by atoms with Crippen LogP contribution in [0.2, 0.25) is 0 Å². The van der Waals surface area contributed by atoms with Gasteiger partial charge < -0.3 is 15.2 Å². The number of allylic oxidation sites excluding steroid dienone is 2. The number of nitrogens with one attached hydrogen (secondary N) is 1. The van der Waals surface area contributed by atoms with Crippen molar-refractivity contribution in [3.8, 4) is 0 Å². The monoisotopic (exact) mass is 250 g/mol. The zero-order chi connectivity index (χ0) is 13.0. The van der Waals surface area contributed by atoms with Gasteiger partial charge in [0.1, 0.15) is 0 Å². The van der Waals surface area contributed by atoms with Crippen molar-refractivity contribution in [1.29, 1.82) is 0 Å². The van der Waals surface area contributed by atoms with Crippen molar-refractivity contribution in [2.45, 2.75) is 51.0 Å². The van der Waals surface area contributed by atoms with E-state index < -0.39 is 17.8 Å². The van der Waals surface area contributed by atoms with Crippen LogP contribution < -0.4 is 10.4 Å². The Bertz CT molecular complexity index is 345. The van der Waals surface area contributed by atoms with Gasteiger partial charge in [-0.05, 0) is 25.7 Å². The van der Waals surface area contributed by atoms with E-state index in [1.165, 1.54) is 6.42 Å². The quantitative estimate of drug-likeness (QED) is 0.752. The van der Waals surface area contributed by atoms with Gasteiger partial charge in [0.2, 0.25) is 5.91 Å². The van der Waals surface area contributed by atoms with Crippen LogP contribution in [0.1, 0.15) is 44.9 Å². The maximum Gasteiger partial charge on any atom is 0.224 e. The number of carboxylic acids is 1. The molecule has 0 spiro atoms. The Kier molecular flexibility index (Phi) is 4.39. The van der Waals surface area contributed by atoms with E-state index in [0.717, 1.165) is 25.7 Å². The van der Waals surface area contributed by atoms with Gasteiger partial charge in [0, 0.05) is 23.8 Å². The van der Waals surface area contributed by atoms with E-state index in [1.807, 2.05) is 12.2 Å². The zero-order valence-electron chi connectivity index (χ0n) is 10.6. The van der Waals surface area contributed by atoms with Crippen molar-refractivity contribution in [3.63, 3.8) is 0 Å². The lowest BCUT2D eigenvalue weighted by Crippen LogP contribution is -2.46. The summed E-state index contributed by atoms with van der Waals surface area (Å²) < 4.78 is 0. The van der Waals surface area contributed by atoms with Crippen molar-refractivity contribution in [1.82, 2.24) is 5.32 Å². The zero-order valence-corrected chi connectivity index (χ0v) is 10.6. The molecule has 18 heavy (non-hydrogen) atoms. The first-order chi connectivity index (χ1) is 8.68. The van der Waals surface area contributed by atoms with Gasteiger partial charge in [-0.25, -0.2) is 0 Å². The lowest BCUT2D eigenvalue weighted by atomic mass is 9.82. The third kappa shape index (κ3) is 3.12. The first-order valence-corrected chi connectivity index (χ1v) is 6.84. The van der Waals surface area contributed by atoms with Crippen LogP contribution in [0.15, 0.2) is 12.2 Å². The lowest BCUT2D eigenvalue weighted by molar-refractivity contribution is -0.313. The van der Waals surface area contributed by atoms with E-state index in [1.54, 1.807) is 0 Å². The molecule has 0 saturated heterocycles. The molecule has 1 N–H and O–H groups in total. The summed E-state index contributed by atoms with van der Waals surface area (Å²) in [6, 6.07) is 0.236. The second-order valence-corrected chi connectivity index (χ2v) is 5.32. The summed E-state index contributed by atoms with van der Waals surface area (Å²) in [6.45, 7) is 0. The van der Waals surface area contributed by atoms with Gasteiger partial charge in [0.15, 0.2) is 0 Å². The van der Waals surface area contributed by atoms with Crippen LogP contribution in [0, 0.1) is 11.8 Å². The number of carbonyl (C=O) groups excluding carboxylic acids is 2. The minimum atomic E-state index is -1.11. The van der Waals surface area contributed by atoms with Gasteiger partial charge in [-0.3, -0.25) is 4.79 Å². The van der Waals surface area contributed by atoms with E-state index in [4.69, 9.17) is 0 Å². The highest BCUT2D eigenvalue weighted by molar-refractivity contribution is 5.84. The SMILES string of the molecule is O=C([O-])[C@H]1CC=CC[C@H]1C(=O)NC1CCCCC1. The molecular weight excluding hydrogens is 230 g/mol. The van der Waals surface area contributed by atoms with Gasteiger partial charge in [-0.2, -0.15) is 0 Å². The molecule has 0 bridgehead atoms. The van der Waals surface area contributed by atoms with Crippen LogP contribution in [0.4, 0.5) is 0 Å². The number of amides is 1. The van der Waals surface area contributed by atoms with Crippen molar-refractivity contribution in [2.24, 2.45) is 11.8 Å². The number of hydrogen-bond donors (Lipinski definition) is 1. The van der Waals surface area contributed by atoms with Crippen LogP contribution in [0.25, 0.3) is 0 Å². The molecular formula is C14H20NO3-. The van der Waals surface area contributed by atoms with Crippen LogP contribution in [0.5, 0.6) is 0 Å². The molecule has 4 nitrogen and oxygen atoms in total. The average molecular weight is 250 g/mol. The van der Waals surface area contributed by atoms with E-state index in [9.17, 15) is 14.7 Å². The molecule has 0 aliphatic heterocycles. The molecule has 0 aromatic carbocycles. The topological polar surface area (TPSA) is 69.2 Å². The van der Waals surface area contributed by atoms with Crippen molar-refractivity contribution >= 4 is 11.9 Å². The number of aliphatic carboxylic acids is 1. The summed E-state index contributed by atoms with van der Waals surface area (Å²) in [5.41, 5.74) is 0. The van der Waals surface area contributed by atoms with E-state index >= 15 is 0 Å². The first kappa shape index (κ1) is 13.1. The summed E-state index contributed by atoms with van der Waals surface area (Å²) in [7, 11) is 0. The predicted octanol–water partition coefficient (Wildman–Crippen LogP) is 0.768. The Morgan fingerprint density at radius 2 is 1.61 bits per heavy atom. The predicted molar refractivity (Wildman–Crippen MR) is 65.4 cm³/mol. The van der Waals surface area contributed by atoms with Crippen LogP contribution in [0.3, 0.4) is 0 Å². The molecule has 0 heterocycles. The van der Waals surface area contributed by atoms with E-state index in [0.29, 0.717) is 12.8 Å². The normalized spacial score (nSPS) is 28.9. The summed E-state index contributed by atoms with van der Waals surface area (Å²) in [5.74, 6) is -2.34. The molecule has 0 radical (unpaired) electrons. The van der Waals surface area contributed by atoms with Crippen LogP contribution >= 0.6 is 0 Å². The Balaban J connectivity index is 1.93. The van der Waals surface area contributed by atoms with Crippen LogP contribution in [-0.2, 0) is 9.59 Å². The number of rotatable bonds is 3. The van der Waals surface area contributed by atoms with Crippen molar-refractivity contribution < 1.29 is 14.7 Å². The Hall–Kier alpha value is -1.32. The summed E-state index contributed by atoms with van der Waals surface area (Å²) in [4.78, 5) is 23.2. The number of carbonyl (C=O) groups is 2. The van der Waals surface area contributed by atoms with Crippen LogP contribution in [-0.4, -0.2) is 17.9 Å². The molecule has 2 aliphatic carbocycles. The summed E-state index contributed by atoms with van der Waals surface area (Å²) in [6.07, 6.45) is 10.2. The second kappa shape index (κ2) is 6.03. The first-order valence-electron chi connectivity index (χ1n) is 6.84. The standard InChI is InChI=1S/C14H21NO3/c16-13(15-10-6-2-1-3-7-10)11-8-4-5-9-12(11)14(17)18/h4-5,10-12H,1-3,6-9H2,(H,15,16)(H,17,18)/p-1/t11-,12+/m1/s1. The summed E-state index contributed by atoms with van der Waals surface area (Å²) >= 11 is 0. The van der Waals surface area contributed by atoms with Gasteiger partial charge in [-0.15, -0.1) is 0 Å². The Morgan fingerprint density at radius 3 is 2.22 bits per heavy atom. The fourth-order valence-electron chi connectivity index (χ4n) is 2.92. The van der Waals surface area contributed by atoms with Crippen molar-refractivity contribution in [2.75, 3.05) is 0 Å². The maximum absolute atomic E-state index is 12.1. The molecule has 1 saturated carbocycles. The molecule has 100 valence electrons. The minimum absolute atomic E-state index is 0.111. The highest BCUT2D eigenvalue weighted by Crippen LogP contribution is 2.26. The molecule has 2 atom stereocenters. The molecule has 0 aromatic heterocycles. The molecule has 0 aromatic rings. The molecule has 4 heteroatoms. The highest BCUT2D eigenvalue weighted by Gasteiger charge is 2.31. The van der Waals surface area contributed by atoms with E-state index in [-0.39, 0.29) is 11.9 Å². The average Bonchev–Trinajstić information content (AvgIpc) is 2.40. The second-order valence-electron chi connectivity index (χ2n) is 5.32. The number of carboxylic acid groups (broad SMARTS) is 1. The third-order valence-electron chi connectivity index (χ3n) is 4.02. The smallest absolute Gasteiger partial charge is 0.224 e. The molecule has 0 unspecified atom stereocenters. The van der Waals surface area contributed by atoms with Gasteiger partial charge in [-0.1, -0.05) is 31.4 Å². The lowest BCUT2D eigenvalue weighted by Gasteiger charge is -2.31. The fraction of sp³-hybridized carbons (Fsp3) is 0.714. The fourth-order valence-corrected chi connectivity index (χ4v) is 2.92.